The average molecular weight is 959 g/mol. The molecule has 0 aliphatic rings. The monoisotopic (exact) mass is 958 g/mol. The van der Waals surface area contributed by atoms with Gasteiger partial charge in [-0.05, 0) is 57.8 Å². The number of rotatable bonds is 57. The molecule has 1 amide bonds. The van der Waals surface area contributed by atoms with Crippen LogP contribution < -0.4 is 5.32 Å². The van der Waals surface area contributed by atoms with Gasteiger partial charge < -0.3 is 20.3 Å². The Kier molecular flexibility index (Phi) is 56.5. The molecule has 2 unspecified atom stereocenters. The highest BCUT2D eigenvalue weighted by Crippen LogP contribution is 2.17. The van der Waals surface area contributed by atoms with Gasteiger partial charge in [0, 0.05) is 12.8 Å². The summed E-state index contributed by atoms with van der Waals surface area (Å²) in [7, 11) is 0. The maximum Gasteiger partial charge on any atom is 0.305 e. The van der Waals surface area contributed by atoms with Crippen LogP contribution in [0.1, 0.15) is 335 Å². The van der Waals surface area contributed by atoms with Crippen molar-refractivity contribution in [1.82, 2.24) is 5.32 Å². The van der Waals surface area contributed by atoms with Crippen LogP contribution in [0.4, 0.5) is 0 Å². The van der Waals surface area contributed by atoms with Gasteiger partial charge in [0.2, 0.25) is 5.91 Å². The lowest BCUT2D eigenvalue weighted by molar-refractivity contribution is -0.143. The van der Waals surface area contributed by atoms with E-state index in [1.165, 1.54) is 257 Å². The Labute approximate surface area is 424 Å². The van der Waals surface area contributed by atoms with Gasteiger partial charge in [0.1, 0.15) is 0 Å². The standard InChI is InChI=1S/C62H119NO5/c1-3-5-7-9-11-13-15-17-19-20-21-22-23-24-25-27-30-34-38-42-46-50-54-60(65)59(58-64)63-61(66)55-51-47-43-39-35-31-28-26-29-33-37-41-45-49-53-57-68-62(67)56-52-48-44-40-36-32-18-16-14-12-10-8-6-4-2/h16,18,50,54,59-60,64-65H,3-15,17,19-49,51-53,55-58H2,1-2H3,(H,63,66)/b18-16-,54-50+. The van der Waals surface area contributed by atoms with Crippen molar-refractivity contribution in [3.8, 4) is 0 Å². The van der Waals surface area contributed by atoms with E-state index in [1.54, 1.807) is 6.08 Å². The Morgan fingerprint density at radius 3 is 1.04 bits per heavy atom. The molecule has 0 saturated carbocycles. The Morgan fingerprint density at radius 2 is 0.691 bits per heavy atom. The number of hydrogen-bond donors (Lipinski definition) is 3. The molecule has 0 spiro atoms. The third-order valence-corrected chi connectivity index (χ3v) is 14.2. The second-order valence-electron chi connectivity index (χ2n) is 21.0. The normalized spacial score (nSPS) is 12.7. The molecule has 0 fully saturated rings. The second-order valence-corrected chi connectivity index (χ2v) is 21.0. The molecule has 0 aliphatic heterocycles. The number of nitrogens with one attached hydrogen (secondary N) is 1. The largest absolute Gasteiger partial charge is 0.466 e. The number of hydrogen-bond acceptors (Lipinski definition) is 5. The zero-order valence-electron chi connectivity index (χ0n) is 45.9. The van der Waals surface area contributed by atoms with Gasteiger partial charge in [-0.1, -0.05) is 289 Å². The van der Waals surface area contributed by atoms with Crippen LogP contribution in [0, 0.1) is 0 Å². The molecule has 0 rings (SSSR count). The number of aliphatic hydroxyl groups excluding tert-OH is 2. The van der Waals surface area contributed by atoms with Gasteiger partial charge in [-0.2, -0.15) is 0 Å². The molecule has 0 aromatic heterocycles. The minimum absolute atomic E-state index is 0.00837. The van der Waals surface area contributed by atoms with Crippen LogP contribution >= 0.6 is 0 Å². The highest BCUT2D eigenvalue weighted by molar-refractivity contribution is 5.76. The zero-order chi connectivity index (χ0) is 49.3. The SMILES string of the molecule is CCCCCCC/C=C\CCCCCCCC(=O)OCCCCCCCCCCCCCCCCCC(=O)NC(CO)C(O)/C=C/CCCCCCCCCCCCCCCCCCCCCC. The highest BCUT2D eigenvalue weighted by atomic mass is 16.5. The molecule has 2 atom stereocenters. The maximum absolute atomic E-state index is 12.5. The number of esters is 1. The smallest absolute Gasteiger partial charge is 0.305 e. The van der Waals surface area contributed by atoms with Crippen molar-refractivity contribution in [2.75, 3.05) is 13.2 Å². The lowest BCUT2D eigenvalue weighted by Gasteiger charge is -2.20. The molecule has 6 nitrogen and oxygen atoms in total. The van der Waals surface area contributed by atoms with E-state index in [4.69, 9.17) is 4.74 Å². The predicted molar refractivity (Wildman–Crippen MR) is 296 cm³/mol. The third-order valence-electron chi connectivity index (χ3n) is 14.2. The summed E-state index contributed by atoms with van der Waals surface area (Å²) >= 11 is 0. The number of ether oxygens (including phenoxy) is 1. The van der Waals surface area contributed by atoms with Crippen molar-refractivity contribution >= 4 is 11.9 Å². The summed E-state index contributed by atoms with van der Waals surface area (Å²) in [5.74, 6) is -0.0820. The number of allylic oxidation sites excluding steroid dienone is 3. The Morgan fingerprint density at radius 1 is 0.397 bits per heavy atom. The first-order chi connectivity index (χ1) is 33.5. The molecular formula is C62H119NO5. The zero-order valence-corrected chi connectivity index (χ0v) is 45.9. The number of unbranched alkanes of at least 4 members (excludes halogenated alkanes) is 44. The summed E-state index contributed by atoms with van der Waals surface area (Å²) in [6.07, 6.45) is 70.6. The molecule has 402 valence electrons. The van der Waals surface area contributed by atoms with Gasteiger partial charge >= 0.3 is 5.97 Å². The van der Waals surface area contributed by atoms with E-state index in [2.05, 4.69) is 31.3 Å². The van der Waals surface area contributed by atoms with E-state index in [-0.39, 0.29) is 18.5 Å². The van der Waals surface area contributed by atoms with Crippen molar-refractivity contribution < 1.29 is 24.5 Å². The first kappa shape index (κ1) is 66.3. The molecule has 6 heteroatoms. The molecule has 0 aromatic rings. The van der Waals surface area contributed by atoms with Gasteiger partial charge in [-0.25, -0.2) is 0 Å². The molecule has 0 aromatic carbocycles. The quantitative estimate of drug-likeness (QED) is 0.0321. The van der Waals surface area contributed by atoms with Crippen LogP contribution in [-0.2, 0) is 14.3 Å². The molecule has 0 heterocycles. The Balaban J connectivity index is 3.47. The molecule has 3 N–H and O–H groups in total. The average Bonchev–Trinajstić information content (AvgIpc) is 3.34. The first-order valence-corrected chi connectivity index (χ1v) is 30.6. The predicted octanol–water partition coefficient (Wildman–Crippen LogP) is 19.0. The number of aliphatic hydroxyl groups is 2. The third kappa shape index (κ3) is 53.7. The van der Waals surface area contributed by atoms with E-state index < -0.39 is 12.1 Å². The van der Waals surface area contributed by atoms with Gasteiger partial charge in [0.05, 0.1) is 25.4 Å². The van der Waals surface area contributed by atoms with Crippen LogP contribution in [0.5, 0.6) is 0 Å². The molecule has 0 bridgehead atoms. The Hall–Kier alpha value is -1.66. The first-order valence-electron chi connectivity index (χ1n) is 30.6. The van der Waals surface area contributed by atoms with Gasteiger partial charge in [0.15, 0.2) is 0 Å². The van der Waals surface area contributed by atoms with Gasteiger partial charge in [0.25, 0.3) is 0 Å². The van der Waals surface area contributed by atoms with Crippen molar-refractivity contribution in [3.05, 3.63) is 24.3 Å². The topological polar surface area (TPSA) is 95.9 Å². The highest BCUT2D eigenvalue weighted by Gasteiger charge is 2.18. The van der Waals surface area contributed by atoms with E-state index in [0.29, 0.717) is 19.4 Å². The minimum Gasteiger partial charge on any atom is -0.466 e. The molecule has 0 saturated heterocycles. The summed E-state index contributed by atoms with van der Waals surface area (Å²) in [6.45, 7) is 4.90. The van der Waals surface area contributed by atoms with Crippen LogP contribution in [0.3, 0.4) is 0 Å². The van der Waals surface area contributed by atoms with E-state index in [0.717, 1.165) is 51.4 Å². The molecule has 0 radical (unpaired) electrons. The van der Waals surface area contributed by atoms with Crippen molar-refractivity contribution in [2.24, 2.45) is 0 Å². The van der Waals surface area contributed by atoms with Crippen molar-refractivity contribution in [1.29, 1.82) is 0 Å². The fraction of sp³-hybridized carbons (Fsp3) is 0.903. The number of carbonyl (C=O) groups excluding carboxylic acids is 2. The number of carbonyl (C=O) groups is 2. The summed E-state index contributed by atoms with van der Waals surface area (Å²) in [5.41, 5.74) is 0. The lowest BCUT2D eigenvalue weighted by Crippen LogP contribution is -2.45. The van der Waals surface area contributed by atoms with E-state index in [9.17, 15) is 19.8 Å². The van der Waals surface area contributed by atoms with Crippen molar-refractivity contribution in [3.63, 3.8) is 0 Å². The minimum atomic E-state index is -0.851. The second kappa shape index (κ2) is 57.9. The van der Waals surface area contributed by atoms with Crippen LogP contribution in [0.2, 0.25) is 0 Å². The van der Waals surface area contributed by atoms with Crippen LogP contribution in [0.15, 0.2) is 24.3 Å². The summed E-state index contributed by atoms with van der Waals surface area (Å²) in [4.78, 5) is 24.5. The molecular weight excluding hydrogens is 839 g/mol. The maximum atomic E-state index is 12.5. The fourth-order valence-corrected chi connectivity index (χ4v) is 9.51. The molecule has 68 heavy (non-hydrogen) atoms. The lowest BCUT2D eigenvalue weighted by atomic mass is 10.0. The summed E-state index contributed by atoms with van der Waals surface area (Å²) < 4.78 is 5.47. The van der Waals surface area contributed by atoms with Gasteiger partial charge in [-0.3, -0.25) is 9.59 Å². The fourth-order valence-electron chi connectivity index (χ4n) is 9.51. The van der Waals surface area contributed by atoms with Gasteiger partial charge in [-0.15, -0.1) is 0 Å². The van der Waals surface area contributed by atoms with Crippen LogP contribution in [0.25, 0.3) is 0 Å². The summed E-state index contributed by atoms with van der Waals surface area (Å²) in [5, 5.41) is 23.2. The molecule has 0 aliphatic carbocycles. The van der Waals surface area contributed by atoms with Crippen LogP contribution in [-0.4, -0.2) is 47.4 Å². The van der Waals surface area contributed by atoms with E-state index in [1.807, 2.05) is 6.08 Å². The van der Waals surface area contributed by atoms with E-state index >= 15 is 0 Å². The number of amides is 1. The summed E-state index contributed by atoms with van der Waals surface area (Å²) in [6, 6.07) is -0.635. The Bertz CT molecular complexity index is 1060. The van der Waals surface area contributed by atoms with Crippen molar-refractivity contribution in [2.45, 2.75) is 347 Å².